The van der Waals surface area contributed by atoms with Gasteiger partial charge in [0.2, 0.25) is 0 Å². The second-order valence-corrected chi connectivity index (χ2v) is 3.56. The van der Waals surface area contributed by atoms with Crippen LogP contribution in [-0.2, 0) is 13.5 Å². The summed E-state index contributed by atoms with van der Waals surface area (Å²) in [5.41, 5.74) is 0.123. The summed E-state index contributed by atoms with van der Waals surface area (Å²) in [4.78, 5) is 14.6. The summed E-state index contributed by atoms with van der Waals surface area (Å²) in [6.07, 6.45) is 2.35. The number of aromatic nitrogens is 2. The highest BCUT2D eigenvalue weighted by Gasteiger charge is 2.11. The molecular weight excluding hydrogens is 168 g/mol. The Kier molecular flexibility index (Phi) is 2.70. The first-order valence-corrected chi connectivity index (χ1v) is 4.26. The van der Waals surface area contributed by atoms with Crippen molar-refractivity contribution in [1.82, 2.24) is 9.55 Å². The van der Waals surface area contributed by atoms with Gasteiger partial charge in [-0.1, -0.05) is 13.8 Å². The van der Waals surface area contributed by atoms with Gasteiger partial charge in [-0.3, -0.25) is 0 Å². The van der Waals surface area contributed by atoms with Crippen molar-refractivity contribution in [2.24, 2.45) is 13.0 Å². The molecule has 0 aliphatic carbocycles. The highest BCUT2D eigenvalue weighted by molar-refractivity contribution is 5.85. The first-order chi connectivity index (χ1) is 6.00. The first-order valence-electron chi connectivity index (χ1n) is 4.26. The molecule has 13 heavy (non-hydrogen) atoms. The smallest absolute Gasteiger partial charge is 0.356 e. The van der Waals surface area contributed by atoms with Gasteiger partial charge in [0, 0.05) is 19.7 Å². The summed E-state index contributed by atoms with van der Waals surface area (Å²) in [7, 11) is 1.82. The van der Waals surface area contributed by atoms with E-state index in [1.165, 1.54) is 0 Å². The number of aryl methyl sites for hydroxylation is 1. The van der Waals surface area contributed by atoms with Crippen LogP contribution in [0.25, 0.3) is 0 Å². The summed E-state index contributed by atoms with van der Waals surface area (Å²) in [6.45, 7) is 4.16. The molecule has 4 nitrogen and oxygen atoms in total. The van der Waals surface area contributed by atoms with E-state index in [0.717, 1.165) is 12.2 Å². The van der Waals surface area contributed by atoms with Gasteiger partial charge >= 0.3 is 5.97 Å². The van der Waals surface area contributed by atoms with Gasteiger partial charge in [-0.15, -0.1) is 0 Å². The maximum absolute atomic E-state index is 10.6. The Morgan fingerprint density at radius 1 is 1.69 bits per heavy atom. The molecule has 0 radical (unpaired) electrons. The minimum Gasteiger partial charge on any atom is -0.476 e. The van der Waals surface area contributed by atoms with Crippen molar-refractivity contribution < 1.29 is 9.90 Å². The van der Waals surface area contributed by atoms with Crippen LogP contribution in [0.4, 0.5) is 0 Å². The zero-order valence-electron chi connectivity index (χ0n) is 8.11. The topological polar surface area (TPSA) is 55.1 Å². The van der Waals surface area contributed by atoms with Crippen LogP contribution < -0.4 is 0 Å². The van der Waals surface area contributed by atoms with Gasteiger partial charge in [0.1, 0.15) is 5.82 Å². The lowest BCUT2D eigenvalue weighted by atomic mass is 10.1. The number of aromatic carboxylic acids is 1. The average Bonchev–Trinajstić information content (AvgIpc) is 2.31. The third-order valence-corrected chi connectivity index (χ3v) is 1.78. The van der Waals surface area contributed by atoms with Crippen LogP contribution in [0.1, 0.15) is 30.2 Å². The molecule has 1 heterocycles. The molecule has 0 bridgehead atoms. The monoisotopic (exact) mass is 182 g/mol. The normalized spacial score (nSPS) is 10.8. The van der Waals surface area contributed by atoms with Crippen LogP contribution in [0.3, 0.4) is 0 Å². The lowest BCUT2D eigenvalue weighted by Gasteiger charge is -2.03. The Balaban J connectivity index is 2.90. The fourth-order valence-electron chi connectivity index (χ4n) is 1.16. The lowest BCUT2D eigenvalue weighted by molar-refractivity contribution is 0.0691. The second-order valence-electron chi connectivity index (χ2n) is 3.56. The standard InChI is InChI=1S/C9H14N2O2/c1-6(2)4-8-10-7(9(12)13)5-11(8)3/h5-6H,4H2,1-3H3,(H,12,13). The van der Waals surface area contributed by atoms with E-state index in [2.05, 4.69) is 18.8 Å². The number of carbonyl (C=O) groups is 1. The Morgan fingerprint density at radius 3 is 2.69 bits per heavy atom. The van der Waals surface area contributed by atoms with Crippen molar-refractivity contribution in [2.75, 3.05) is 0 Å². The van der Waals surface area contributed by atoms with Gasteiger partial charge in [-0.2, -0.15) is 0 Å². The van der Waals surface area contributed by atoms with Gasteiger partial charge < -0.3 is 9.67 Å². The highest BCUT2D eigenvalue weighted by atomic mass is 16.4. The fraction of sp³-hybridized carbons (Fsp3) is 0.556. The summed E-state index contributed by atoms with van der Waals surface area (Å²) in [5.74, 6) is 0.348. The molecule has 1 N–H and O–H groups in total. The quantitative estimate of drug-likeness (QED) is 0.767. The molecule has 0 saturated carbocycles. The second kappa shape index (κ2) is 3.60. The summed E-state index contributed by atoms with van der Waals surface area (Å²) in [5, 5.41) is 8.68. The molecule has 72 valence electrons. The van der Waals surface area contributed by atoms with Crippen LogP contribution in [0.15, 0.2) is 6.20 Å². The third-order valence-electron chi connectivity index (χ3n) is 1.78. The molecule has 0 atom stereocenters. The number of rotatable bonds is 3. The highest BCUT2D eigenvalue weighted by Crippen LogP contribution is 2.07. The Labute approximate surface area is 77.2 Å². The first kappa shape index (κ1) is 9.77. The molecule has 0 amide bonds. The van der Waals surface area contributed by atoms with E-state index in [1.807, 2.05) is 7.05 Å². The van der Waals surface area contributed by atoms with Gasteiger partial charge in [0.05, 0.1) is 0 Å². The van der Waals surface area contributed by atoms with Crippen LogP contribution >= 0.6 is 0 Å². The average molecular weight is 182 g/mol. The molecule has 0 aliphatic heterocycles. The van der Waals surface area contributed by atoms with E-state index in [-0.39, 0.29) is 5.69 Å². The lowest BCUT2D eigenvalue weighted by Crippen LogP contribution is -2.02. The predicted octanol–water partition coefficient (Wildman–Crippen LogP) is 1.32. The SMILES string of the molecule is CC(C)Cc1nc(C(=O)O)cn1C. The van der Waals surface area contributed by atoms with Crippen molar-refractivity contribution in [3.63, 3.8) is 0 Å². The number of carboxylic acids is 1. The van der Waals surface area contributed by atoms with Crippen molar-refractivity contribution >= 4 is 5.97 Å². The predicted molar refractivity (Wildman–Crippen MR) is 48.7 cm³/mol. The van der Waals surface area contributed by atoms with Gasteiger partial charge in [0.15, 0.2) is 5.69 Å². The molecule has 0 unspecified atom stereocenters. The van der Waals surface area contributed by atoms with Crippen molar-refractivity contribution in [3.8, 4) is 0 Å². The van der Waals surface area contributed by atoms with Gasteiger partial charge in [-0.25, -0.2) is 9.78 Å². The molecule has 1 rings (SSSR count). The number of hydrogen-bond acceptors (Lipinski definition) is 2. The molecule has 1 aromatic rings. The minimum atomic E-state index is -0.967. The Hall–Kier alpha value is -1.32. The van der Waals surface area contributed by atoms with Gasteiger partial charge in [0.25, 0.3) is 0 Å². The van der Waals surface area contributed by atoms with Crippen molar-refractivity contribution in [1.29, 1.82) is 0 Å². The molecular formula is C9H14N2O2. The molecule has 0 saturated heterocycles. The van der Waals surface area contributed by atoms with E-state index >= 15 is 0 Å². The van der Waals surface area contributed by atoms with Crippen LogP contribution in [0.2, 0.25) is 0 Å². The third kappa shape index (κ3) is 2.31. The van der Waals surface area contributed by atoms with E-state index in [1.54, 1.807) is 10.8 Å². The van der Waals surface area contributed by atoms with E-state index in [0.29, 0.717) is 5.92 Å². The van der Waals surface area contributed by atoms with Crippen molar-refractivity contribution in [3.05, 3.63) is 17.7 Å². The zero-order valence-corrected chi connectivity index (χ0v) is 8.11. The maximum Gasteiger partial charge on any atom is 0.356 e. The summed E-state index contributed by atoms with van der Waals surface area (Å²) < 4.78 is 1.77. The summed E-state index contributed by atoms with van der Waals surface area (Å²) in [6, 6.07) is 0. The number of hydrogen-bond donors (Lipinski definition) is 1. The van der Waals surface area contributed by atoms with Crippen molar-refractivity contribution in [2.45, 2.75) is 20.3 Å². The molecule has 0 aliphatic rings. The molecule has 0 spiro atoms. The minimum absolute atomic E-state index is 0.123. The zero-order chi connectivity index (χ0) is 10.0. The van der Waals surface area contributed by atoms with E-state index < -0.39 is 5.97 Å². The van der Waals surface area contributed by atoms with Crippen LogP contribution in [0, 0.1) is 5.92 Å². The van der Waals surface area contributed by atoms with E-state index in [4.69, 9.17) is 5.11 Å². The number of nitrogens with zero attached hydrogens (tertiary/aromatic N) is 2. The Bertz CT molecular complexity index is 315. The molecule has 0 aromatic carbocycles. The van der Waals surface area contributed by atoms with Crippen LogP contribution in [-0.4, -0.2) is 20.6 Å². The molecule has 4 heteroatoms. The van der Waals surface area contributed by atoms with Gasteiger partial charge in [-0.05, 0) is 5.92 Å². The Morgan fingerprint density at radius 2 is 2.31 bits per heavy atom. The van der Waals surface area contributed by atoms with E-state index in [9.17, 15) is 4.79 Å². The molecule has 0 fully saturated rings. The number of imidazole rings is 1. The van der Waals surface area contributed by atoms with Crippen LogP contribution in [0.5, 0.6) is 0 Å². The molecule has 1 aromatic heterocycles. The largest absolute Gasteiger partial charge is 0.476 e. The summed E-state index contributed by atoms with van der Waals surface area (Å²) >= 11 is 0. The maximum atomic E-state index is 10.6. The fourth-order valence-corrected chi connectivity index (χ4v) is 1.16. The number of carboxylic acid groups (broad SMARTS) is 1.